The molecule has 0 aliphatic carbocycles. The normalized spacial score (nSPS) is 12.0. The number of carbonyl (C=O) groups is 1. The third-order valence-corrected chi connectivity index (χ3v) is 3.85. The van der Waals surface area contributed by atoms with Crippen LogP contribution in [0.3, 0.4) is 0 Å². The molecule has 0 heterocycles. The van der Waals surface area contributed by atoms with Gasteiger partial charge in [0, 0.05) is 10.0 Å². The number of aryl methyl sites for hydroxylation is 1. The molecule has 0 aromatic heterocycles. The average molecular weight is 322 g/mol. The Labute approximate surface area is 135 Å². The monoisotopic (exact) mass is 321 g/mol. The maximum atomic E-state index is 12.1. The first-order valence-electron chi connectivity index (χ1n) is 6.75. The number of rotatable bonds is 4. The fraction of sp³-hybridized carbons (Fsp3) is 0.235. The maximum Gasteiger partial charge on any atom is 0.224 e. The molecular formula is C17H17Cl2NO. The van der Waals surface area contributed by atoms with E-state index in [1.54, 1.807) is 12.1 Å². The minimum absolute atomic E-state index is 0.0302. The zero-order chi connectivity index (χ0) is 15.4. The molecule has 0 fully saturated rings. The molecule has 0 bridgehead atoms. The third-order valence-electron chi connectivity index (χ3n) is 3.29. The molecule has 2 aromatic rings. The molecule has 0 spiro atoms. The summed E-state index contributed by atoms with van der Waals surface area (Å²) >= 11 is 12.0. The molecular weight excluding hydrogens is 305 g/mol. The number of nitrogens with one attached hydrogen (secondary N) is 1. The Morgan fingerprint density at radius 1 is 1.14 bits per heavy atom. The van der Waals surface area contributed by atoms with E-state index in [-0.39, 0.29) is 11.9 Å². The van der Waals surface area contributed by atoms with E-state index < -0.39 is 0 Å². The highest BCUT2D eigenvalue weighted by Gasteiger charge is 2.13. The van der Waals surface area contributed by atoms with Gasteiger partial charge < -0.3 is 5.32 Å². The van der Waals surface area contributed by atoms with Crippen LogP contribution >= 0.6 is 23.2 Å². The smallest absolute Gasteiger partial charge is 0.224 e. The summed E-state index contributed by atoms with van der Waals surface area (Å²) in [7, 11) is 0. The van der Waals surface area contributed by atoms with Crippen molar-refractivity contribution in [2.24, 2.45) is 0 Å². The van der Waals surface area contributed by atoms with E-state index in [2.05, 4.69) is 5.32 Å². The molecule has 0 saturated heterocycles. The van der Waals surface area contributed by atoms with E-state index in [0.717, 1.165) is 11.1 Å². The van der Waals surface area contributed by atoms with E-state index >= 15 is 0 Å². The van der Waals surface area contributed by atoms with E-state index in [0.29, 0.717) is 16.5 Å². The second kappa shape index (κ2) is 6.97. The molecule has 2 nitrogen and oxygen atoms in total. The van der Waals surface area contributed by atoms with Gasteiger partial charge in [0.2, 0.25) is 5.91 Å². The molecule has 0 saturated carbocycles. The standard InChI is InChI=1S/C17H17Cl2NO/c1-11-3-5-13(6-4-11)9-17(21)20-12(2)15-8-7-14(18)10-16(15)19/h3-8,10,12H,9H2,1-2H3,(H,20,21). The van der Waals surface area contributed by atoms with Crippen molar-refractivity contribution in [1.82, 2.24) is 5.32 Å². The fourth-order valence-corrected chi connectivity index (χ4v) is 2.69. The summed E-state index contributed by atoms with van der Waals surface area (Å²) in [5, 5.41) is 4.10. The van der Waals surface area contributed by atoms with Gasteiger partial charge in [-0.05, 0) is 37.1 Å². The predicted molar refractivity (Wildman–Crippen MR) is 87.9 cm³/mol. The van der Waals surface area contributed by atoms with Crippen LogP contribution in [0, 0.1) is 6.92 Å². The second-order valence-electron chi connectivity index (χ2n) is 5.12. The minimum atomic E-state index is -0.160. The van der Waals surface area contributed by atoms with Gasteiger partial charge in [-0.2, -0.15) is 0 Å². The Balaban J connectivity index is 2.00. The van der Waals surface area contributed by atoms with Crippen molar-refractivity contribution in [2.75, 3.05) is 0 Å². The summed E-state index contributed by atoms with van der Waals surface area (Å²) < 4.78 is 0. The molecule has 0 radical (unpaired) electrons. The largest absolute Gasteiger partial charge is 0.349 e. The van der Waals surface area contributed by atoms with Crippen LogP contribution in [0.1, 0.15) is 29.7 Å². The van der Waals surface area contributed by atoms with Crippen LogP contribution in [0.25, 0.3) is 0 Å². The van der Waals surface area contributed by atoms with Gasteiger partial charge in [-0.3, -0.25) is 4.79 Å². The Kier molecular flexibility index (Phi) is 5.27. The lowest BCUT2D eigenvalue weighted by molar-refractivity contribution is -0.121. The quantitative estimate of drug-likeness (QED) is 0.867. The van der Waals surface area contributed by atoms with Crippen molar-refractivity contribution in [2.45, 2.75) is 26.3 Å². The van der Waals surface area contributed by atoms with Crippen molar-refractivity contribution >= 4 is 29.1 Å². The molecule has 2 rings (SSSR count). The van der Waals surface area contributed by atoms with Gasteiger partial charge in [0.1, 0.15) is 0 Å². The third kappa shape index (κ3) is 4.48. The van der Waals surface area contributed by atoms with Gasteiger partial charge in [0.15, 0.2) is 0 Å². The van der Waals surface area contributed by atoms with Crippen LogP contribution in [-0.4, -0.2) is 5.91 Å². The molecule has 2 aromatic carbocycles. The zero-order valence-corrected chi connectivity index (χ0v) is 13.5. The van der Waals surface area contributed by atoms with Crippen LogP contribution in [0.4, 0.5) is 0 Å². The van der Waals surface area contributed by atoms with Crippen LogP contribution in [0.5, 0.6) is 0 Å². The first kappa shape index (κ1) is 15.9. The van der Waals surface area contributed by atoms with E-state index in [1.807, 2.05) is 44.2 Å². The molecule has 0 aliphatic rings. The van der Waals surface area contributed by atoms with Gasteiger partial charge in [0.05, 0.1) is 12.5 Å². The maximum absolute atomic E-state index is 12.1. The van der Waals surface area contributed by atoms with Gasteiger partial charge in [-0.15, -0.1) is 0 Å². The topological polar surface area (TPSA) is 29.1 Å². The highest BCUT2D eigenvalue weighted by Crippen LogP contribution is 2.26. The van der Waals surface area contributed by atoms with Crippen molar-refractivity contribution in [3.8, 4) is 0 Å². The Bertz CT molecular complexity index is 638. The lowest BCUT2D eigenvalue weighted by atomic mass is 10.1. The fourth-order valence-electron chi connectivity index (χ4n) is 2.11. The number of halogens is 2. The Morgan fingerprint density at radius 3 is 2.43 bits per heavy atom. The predicted octanol–water partition coefficient (Wildman–Crippen LogP) is 4.72. The summed E-state index contributed by atoms with van der Waals surface area (Å²) in [4.78, 5) is 12.1. The lowest BCUT2D eigenvalue weighted by Gasteiger charge is -2.16. The van der Waals surface area contributed by atoms with Crippen LogP contribution in [0.15, 0.2) is 42.5 Å². The molecule has 1 N–H and O–H groups in total. The molecule has 21 heavy (non-hydrogen) atoms. The average Bonchev–Trinajstić information content (AvgIpc) is 2.41. The van der Waals surface area contributed by atoms with Crippen molar-refractivity contribution in [3.63, 3.8) is 0 Å². The van der Waals surface area contributed by atoms with Crippen molar-refractivity contribution < 1.29 is 4.79 Å². The van der Waals surface area contributed by atoms with Crippen molar-refractivity contribution in [1.29, 1.82) is 0 Å². The Morgan fingerprint density at radius 2 is 1.81 bits per heavy atom. The number of hydrogen-bond donors (Lipinski definition) is 1. The molecule has 110 valence electrons. The molecule has 0 aliphatic heterocycles. The summed E-state index contributed by atoms with van der Waals surface area (Å²) in [6.45, 7) is 3.93. The van der Waals surface area contributed by atoms with Crippen LogP contribution in [0.2, 0.25) is 10.0 Å². The van der Waals surface area contributed by atoms with Crippen molar-refractivity contribution in [3.05, 3.63) is 69.2 Å². The zero-order valence-electron chi connectivity index (χ0n) is 12.0. The molecule has 1 unspecified atom stereocenters. The number of carbonyl (C=O) groups excluding carboxylic acids is 1. The Hall–Kier alpha value is -1.51. The number of hydrogen-bond acceptors (Lipinski definition) is 1. The van der Waals surface area contributed by atoms with Crippen LogP contribution < -0.4 is 5.32 Å². The first-order chi connectivity index (χ1) is 9.95. The lowest BCUT2D eigenvalue weighted by Crippen LogP contribution is -2.28. The van der Waals surface area contributed by atoms with E-state index in [9.17, 15) is 4.79 Å². The number of amides is 1. The van der Waals surface area contributed by atoms with Gasteiger partial charge >= 0.3 is 0 Å². The first-order valence-corrected chi connectivity index (χ1v) is 7.51. The molecule has 1 atom stereocenters. The molecule has 1 amide bonds. The summed E-state index contributed by atoms with van der Waals surface area (Å²) in [5.74, 6) is -0.0302. The second-order valence-corrected chi connectivity index (χ2v) is 5.96. The summed E-state index contributed by atoms with van der Waals surface area (Å²) in [5.41, 5.74) is 3.03. The SMILES string of the molecule is Cc1ccc(CC(=O)NC(C)c2ccc(Cl)cc2Cl)cc1. The van der Waals surface area contributed by atoms with Gasteiger partial charge in [-0.25, -0.2) is 0 Å². The summed E-state index contributed by atoms with van der Waals surface area (Å²) in [6.07, 6.45) is 0.357. The highest BCUT2D eigenvalue weighted by molar-refractivity contribution is 6.35. The highest BCUT2D eigenvalue weighted by atomic mass is 35.5. The van der Waals surface area contributed by atoms with E-state index in [1.165, 1.54) is 5.56 Å². The summed E-state index contributed by atoms with van der Waals surface area (Å²) in [6, 6.07) is 13.1. The van der Waals surface area contributed by atoms with Crippen LogP contribution in [-0.2, 0) is 11.2 Å². The van der Waals surface area contributed by atoms with Gasteiger partial charge in [-0.1, -0.05) is 59.1 Å². The van der Waals surface area contributed by atoms with E-state index in [4.69, 9.17) is 23.2 Å². The minimum Gasteiger partial charge on any atom is -0.349 e. The van der Waals surface area contributed by atoms with Gasteiger partial charge in [0.25, 0.3) is 0 Å². The number of benzene rings is 2. The molecule has 4 heteroatoms.